The number of nitriles is 1. The van der Waals surface area contributed by atoms with Crippen LogP contribution in [0.4, 0.5) is 0 Å². The van der Waals surface area contributed by atoms with E-state index >= 15 is 0 Å². The molecule has 1 heterocycles. The highest BCUT2D eigenvalue weighted by atomic mass is 35.5. The minimum Gasteiger partial charge on any atom is -0.338 e. The molecule has 3 nitrogen and oxygen atoms in total. The molecule has 0 N–H and O–H groups in total. The molecule has 0 aliphatic carbocycles. The first-order valence-corrected chi connectivity index (χ1v) is 9.27. The number of halogens is 1. The number of benzene rings is 2. The molecular weight excluding hydrogens is 340 g/mol. The molecule has 122 valence electrons. The summed E-state index contributed by atoms with van der Waals surface area (Å²) in [5, 5.41) is 10.1. The number of rotatable bonds is 2. The van der Waals surface area contributed by atoms with Crippen LogP contribution in [0, 0.1) is 11.3 Å². The summed E-state index contributed by atoms with van der Waals surface area (Å²) < 4.78 is 0. The SMILES string of the molecule is N#Cc1cccc(C(=O)N2CCS[C@@H](c3ccccc3Cl)CC2)c1. The predicted octanol–water partition coefficient (Wildman–Crippen LogP) is 4.53. The molecule has 3 rings (SSSR count). The van der Waals surface area contributed by atoms with E-state index in [-0.39, 0.29) is 5.91 Å². The summed E-state index contributed by atoms with van der Waals surface area (Å²) in [4.78, 5) is 14.6. The number of carbonyl (C=O) groups is 1. The van der Waals surface area contributed by atoms with Gasteiger partial charge in [-0.25, -0.2) is 0 Å². The van der Waals surface area contributed by atoms with Gasteiger partial charge in [0.25, 0.3) is 5.91 Å². The van der Waals surface area contributed by atoms with Gasteiger partial charge >= 0.3 is 0 Å². The fourth-order valence-corrected chi connectivity index (χ4v) is 4.46. The second-order valence-electron chi connectivity index (χ2n) is 5.65. The zero-order valence-corrected chi connectivity index (χ0v) is 14.7. The van der Waals surface area contributed by atoms with Crippen molar-refractivity contribution < 1.29 is 4.79 Å². The van der Waals surface area contributed by atoms with Gasteiger partial charge in [-0.3, -0.25) is 4.79 Å². The Balaban J connectivity index is 1.72. The quantitative estimate of drug-likeness (QED) is 0.793. The average Bonchev–Trinajstić information content (AvgIpc) is 2.87. The van der Waals surface area contributed by atoms with Crippen LogP contribution in [-0.4, -0.2) is 29.6 Å². The van der Waals surface area contributed by atoms with Crippen LogP contribution < -0.4 is 0 Å². The fourth-order valence-electron chi connectivity index (χ4n) is 2.86. The molecular formula is C19H17ClN2OS. The molecule has 2 aromatic carbocycles. The second-order valence-corrected chi connectivity index (χ2v) is 7.37. The third-order valence-electron chi connectivity index (χ3n) is 4.12. The monoisotopic (exact) mass is 356 g/mol. The van der Waals surface area contributed by atoms with Crippen LogP contribution >= 0.6 is 23.4 Å². The number of hydrogen-bond acceptors (Lipinski definition) is 3. The van der Waals surface area contributed by atoms with E-state index in [2.05, 4.69) is 12.1 Å². The standard InChI is InChI=1S/C19H17ClN2OS/c20-17-7-2-1-6-16(17)18-8-9-22(10-11-24-18)19(23)15-5-3-4-14(12-15)13-21/h1-7,12,18H,8-11H2/t18-/m1/s1. The molecule has 0 saturated carbocycles. The maximum Gasteiger partial charge on any atom is 0.253 e. The van der Waals surface area contributed by atoms with Crippen molar-refractivity contribution in [3.63, 3.8) is 0 Å². The van der Waals surface area contributed by atoms with Crippen molar-refractivity contribution in [2.24, 2.45) is 0 Å². The maximum absolute atomic E-state index is 12.7. The van der Waals surface area contributed by atoms with Crippen LogP contribution in [0.3, 0.4) is 0 Å². The van der Waals surface area contributed by atoms with E-state index < -0.39 is 0 Å². The summed E-state index contributed by atoms with van der Waals surface area (Å²) in [6.07, 6.45) is 0.873. The lowest BCUT2D eigenvalue weighted by Crippen LogP contribution is -2.33. The first-order valence-electron chi connectivity index (χ1n) is 7.84. The van der Waals surface area contributed by atoms with Crippen molar-refractivity contribution in [2.45, 2.75) is 11.7 Å². The molecule has 0 bridgehead atoms. The average molecular weight is 357 g/mol. The van der Waals surface area contributed by atoms with Crippen molar-refractivity contribution in [3.8, 4) is 6.07 Å². The molecule has 2 aromatic rings. The van der Waals surface area contributed by atoms with Crippen LogP contribution in [0.2, 0.25) is 5.02 Å². The Bertz CT molecular complexity index is 787. The van der Waals surface area contributed by atoms with Crippen LogP contribution in [0.15, 0.2) is 48.5 Å². The van der Waals surface area contributed by atoms with Gasteiger partial charge in [0.1, 0.15) is 0 Å². The number of amides is 1. The Kier molecular flexibility index (Phi) is 5.44. The van der Waals surface area contributed by atoms with Crippen LogP contribution in [0.25, 0.3) is 0 Å². The Morgan fingerprint density at radius 1 is 1.21 bits per heavy atom. The van der Waals surface area contributed by atoms with Gasteiger partial charge in [0.2, 0.25) is 0 Å². The van der Waals surface area contributed by atoms with Gasteiger partial charge in [-0.05, 0) is 36.2 Å². The normalized spacial score (nSPS) is 17.8. The third kappa shape index (κ3) is 3.75. The molecule has 1 fully saturated rings. The van der Waals surface area contributed by atoms with Crippen molar-refractivity contribution >= 4 is 29.3 Å². The molecule has 1 aliphatic rings. The molecule has 0 radical (unpaired) electrons. The summed E-state index contributed by atoms with van der Waals surface area (Å²) in [6.45, 7) is 1.40. The number of carbonyl (C=O) groups excluding carboxylic acids is 1. The minimum absolute atomic E-state index is 0.00694. The van der Waals surface area contributed by atoms with Gasteiger partial charge in [-0.1, -0.05) is 35.9 Å². The molecule has 0 unspecified atom stereocenters. The molecule has 0 spiro atoms. The van der Waals surface area contributed by atoms with Crippen molar-refractivity contribution in [1.82, 2.24) is 4.90 Å². The van der Waals surface area contributed by atoms with Gasteiger partial charge in [0, 0.05) is 34.7 Å². The molecule has 1 atom stereocenters. The minimum atomic E-state index is -0.00694. The van der Waals surface area contributed by atoms with Crippen molar-refractivity contribution in [1.29, 1.82) is 5.26 Å². The molecule has 1 aliphatic heterocycles. The van der Waals surface area contributed by atoms with E-state index in [0.717, 1.165) is 22.8 Å². The van der Waals surface area contributed by atoms with Gasteiger partial charge in [-0.2, -0.15) is 17.0 Å². The van der Waals surface area contributed by atoms with Crippen LogP contribution in [-0.2, 0) is 0 Å². The lowest BCUT2D eigenvalue weighted by atomic mass is 10.1. The molecule has 1 saturated heterocycles. The molecule has 5 heteroatoms. The summed E-state index contributed by atoms with van der Waals surface area (Å²) in [5.41, 5.74) is 2.24. The Morgan fingerprint density at radius 3 is 2.83 bits per heavy atom. The predicted molar refractivity (Wildman–Crippen MR) is 98.3 cm³/mol. The van der Waals surface area contributed by atoms with E-state index in [1.165, 1.54) is 0 Å². The zero-order valence-electron chi connectivity index (χ0n) is 13.1. The Morgan fingerprint density at radius 2 is 2.04 bits per heavy atom. The van der Waals surface area contributed by atoms with Gasteiger partial charge in [0.15, 0.2) is 0 Å². The van der Waals surface area contributed by atoms with Gasteiger partial charge in [-0.15, -0.1) is 0 Å². The number of hydrogen-bond donors (Lipinski definition) is 0. The summed E-state index contributed by atoms with van der Waals surface area (Å²) >= 11 is 8.16. The highest BCUT2D eigenvalue weighted by Crippen LogP contribution is 2.37. The summed E-state index contributed by atoms with van der Waals surface area (Å²) in [7, 11) is 0. The molecule has 0 aromatic heterocycles. The second kappa shape index (κ2) is 7.74. The third-order valence-corrected chi connectivity index (χ3v) is 5.77. The number of thioether (sulfide) groups is 1. The first-order chi connectivity index (χ1) is 11.7. The topological polar surface area (TPSA) is 44.1 Å². The molecule has 1 amide bonds. The first kappa shape index (κ1) is 16.9. The van der Waals surface area contributed by atoms with Crippen LogP contribution in [0.5, 0.6) is 0 Å². The lowest BCUT2D eigenvalue weighted by molar-refractivity contribution is 0.0766. The van der Waals surface area contributed by atoms with Crippen molar-refractivity contribution in [2.75, 3.05) is 18.8 Å². The van der Waals surface area contributed by atoms with E-state index in [1.807, 2.05) is 34.9 Å². The highest BCUT2D eigenvalue weighted by molar-refractivity contribution is 7.99. The van der Waals surface area contributed by atoms with Crippen molar-refractivity contribution in [3.05, 3.63) is 70.2 Å². The molecule has 24 heavy (non-hydrogen) atoms. The van der Waals surface area contributed by atoms with E-state index in [1.54, 1.807) is 24.3 Å². The highest BCUT2D eigenvalue weighted by Gasteiger charge is 2.24. The Hall–Kier alpha value is -1.96. The number of nitrogens with zero attached hydrogens (tertiary/aromatic N) is 2. The lowest BCUT2D eigenvalue weighted by Gasteiger charge is -2.20. The van der Waals surface area contributed by atoms with E-state index in [0.29, 0.717) is 29.5 Å². The summed E-state index contributed by atoms with van der Waals surface area (Å²) in [5.74, 6) is 0.868. The summed E-state index contributed by atoms with van der Waals surface area (Å²) in [6, 6.07) is 16.9. The fraction of sp³-hybridized carbons (Fsp3) is 0.263. The Labute approximate surface area is 151 Å². The smallest absolute Gasteiger partial charge is 0.253 e. The zero-order chi connectivity index (χ0) is 16.9. The van der Waals surface area contributed by atoms with Gasteiger partial charge < -0.3 is 4.90 Å². The van der Waals surface area contributed by atoms with Crippen LogP contribution in [0.1, 0.15) is 33.2 Å². The van der Waals surface area contributed by atoms with E-state index in [9.17, 15) is 4.79 Å². The van der Waals surface area contributed by atoms with Gasteiger partial charge in [0.05, 0.1) is 11.6 Å². The largest absolute Gasteiger partial charge is 0.338 e. The van der Waals surface area contributed by atoms with E-state index in [4.69, 9.17) is 16.9 Å². The maximum atomic E-state index is 12.7.